The standard InChI is InChI=1S/2C3H6O4.Ca/c2*4-1-2(5)3(6)7;/h2*2,4-5H,1H2,(H,6,7);/q;;+2/p-2/t2*2-;/m00./s1. The smallest absolute Gasteiger partial charge is 0.547 e. The predicted molar refractivity (Wildman–Crippen MR) is 42.0 cm³/mol. The molecule has 0 aromatic heterocycles. The molecule has 4 N–H and O–H groups in total. The van der Waals surface area contributed by atoms with E-state index in [0.717, 1.165) is 0 Å². The van der Waals surface area contributed by atoms with Gasteiger partial charge in [-0.2, -0.15) is 0 Å². The first-order chi connectivity index (χ1) is 6.36. The number of aliphatic hydroxyl groups is 4. The van der Waals surface area contributed by atoms with Crippen LogP contribution in [-0.4, -0.2) is 95.5 Å². The molecule has 0 bridgehead atoms. The van der Waals surface area contributed by atoms with Gasteiger partial charge in [-0.3, -0.25) is 0 Å². The molecular formula is C6H10CaO8. The number of rotatable bonds is 4. The summed E-state index contributed by atoms with van der Waals surface area (Å²) in [5.74, 6) is -3.30. The van der Waals surface area contributed by atoms with E-state index in [1.54, 1.807) is 0 Å². The number of carboxylic acids is 2. The second kappa shape index (κ2) is 12.1. The monoisotopic (exact) mass is 250 g/mol. The summed E-state index contributed by atoms with van der Waals surface area (Å²) in [5, 5.41) is 50.5. The summed E-state index contributed by atoms with van der Waals surface area (Å²) >= 11 is 0. The van der Waals surface area contributed by atoms with Gasteiger partial charge in [-0.25, -0.2) is 0 Å². The summed E-state index contributed by atoms with van der Waals surface area (Å²) in [4.78, 5) is 18.8. The molecule has 9 heteroatoms. The van der Waals surface area contributed by atoms with Crippen LogP contribution >= 0.6 is 0 Å². The van der Waals surface area contributed by atoms with Crippen LogP contribution in [0.2, 0.25) is 0 Å². The molecule has 0 amide bonds. The van der Waals surface area contributed by atoms with Crippen molar-refractivity contribution in [2.45, 2.75) is 12.2 Å². The molecule has 15 heavy (non-hydrogen) atoms. The number of carboxylic acid groups (broad SMARTS) is 2. The van der Waals surface area contributed by atoms with Crippen LogP contribution < -0.4 is 10.2 Å². The molecule has 0 rings (SSSR count). The van der Waals surface area contributed by atoms with Crippen LogP contribution in [0.15, 0.2) is 0 Å². The van der Waals surface area contributed by atoms with E-state index >= 15 is 0 Å². The number of carbonyl (C=O) groups excluding carboxylic acids is 2. The van der Waals surface area contributed by atoms with Crippen molar-refractivity contribution in [1.82, 2.24) is 0 Å². The molecule has 2 atom stereocenters. The van der Waals surface area contributed by atoms with Crippen LogP contribution in [0.1, 0.15) is 0 Å². The Kier molecular flexibility index (Phi) is 16.5. The molecule has 0 saturated carbocycles. The Morgan fingerprint density at radius 3 is 1.13 bits per heavy atom. The number of hydrogen-bond acceptors (Lipinski definition) is 8. The molecule has 0 aliphatic carbocycles. The Morgan fingerprint density at radius 1 is 0.933 bits per heavy atom. The van der Waals surface area contributed by atoms with Crippen LogP contribution in [0.25, 0.3) is 0 Å². The van der Waals surface area contributed by atoms with Gasteiger partial charge in [0.25, 0.3) is 0 Å². The van der Waals surface area contributed by atoms with Gasteiger partial charge in [-0.1, -0.05) is 0 Å². The zero-order valence-corrected chi connectivity index (χ0v) is 9.91. The molecule has 0 aromatic carbocycles. The maximum Gasteiger partial charge on any atom is 2.00 e. The largest absolute Gasteiger partial charge is 2.00 e. The van der Waals surface area contributed by atoms with Crippen LogP contribution in [-0.2, 0) is 9.59 Å². The molecular weight excluding hydrogens is 240 g/mol. The van der Waals surface area contributed by atoms with Gasteiger partial charge in [0.2, 0.25) is 0 Å². The number of hydrogen-bond donors (Lipinski definition) is 4. The zero-order chi connectivity index (χ0) is 11.7. The van der Waals surface area contributed by atoms with Crippen LogP contribution in [0.5, 0.6) is 0 Å². The third-order valence-electron chi connectivity index (χ3n) is 0.890. The third kappa shape index (κ3) is 14.0. The predicted octanol–water partition coefficient (Wildman–Crippen LogP) is -6.20. The van der Waals surface area contributed by atoms with Crippen molar-refractivity contribution in [3.8, 4) is 0 Å². The molecule has 0 saturated heterocycles. The Labute approximate surface area is 115 Å². The van der Waals surface area contributed by atoms with Gasteiger partial charge in [0.1, 0.15) is 12.2 Å². The second-order valence-corrected chi connectivity index (χ2v) is 2.03. The van der Waals surface area contributed by atoms with Gasteiger partial charge in [0.15, 0.2) is 0 Å². The minimum Gasteiger partial charge on any atom is -0.547 e. The van der Waals surface area contributed by atoms with E-state index in [1.807, 2.05) is 0 Å². The van der Waals surface area contributed by atoms with Crippen molar-refractivity contribution < 1.29 is 40.2 Å². The van der Waals surface area contributed by atoms with Crippen molar-refractivity contribution in [3.63, 3.8) is 0 Å². The summed E-state index contributed by atoms with van der Waals surface area (Å²) in [6, 6.07) is 0. The van der Waals surface area contributed by atoms with Crippen LogP contribution in [0.4, 0.5) is 0 Å². The summed E-state index contributed by atoms with van der Waals surface area (Å²) in [7, 11) is 0. The van der Waals surface area contributed by atoms with Crippen molar-refractivity contribution in [2.24, 2.45) is 0 Å². The number of aliphatic carboxylic acids is 2. The minimum absolute atomic E-state index is 0. The first-order valence-electron chi connectivity index (χ1n) is 3.36. The normalized spacial score (nSPS) is 12.5. The summed E-state index contributed by atoms with van der Waals surface area (Å²) in [6.07, 6.45) is -3.47. The molecule has 0 aromatic rings. The Bertz CT molecular complexity index is 164. The fourth-order valence-corrected chi connectivity index (χ4v) is 0.149. The Morgan fingerprint density at radius 2 is 1.13 bits per heavy atom. The number of carbonyl (C=O) groups is 2. The fourth-order valence-electron chi connectivity index (χ4n) is 0.149. The van der Waals surface area contributed by atoms with Crippen LogP contribution in [0.3, 0.4) is 0 Å². The maximum atomic E-state index is 9.41. The van der Waals surface area contributed by atoms with Crippen molar-refractivity contribution in [2.75, 3.05) is 13.2 Å². The molecule has 0 fully saturated rings. The minimum atomic E-state index is -1.74. The molecule has 8 nitrogen and oxygen atoms in total. The van der Waals surface area contributed by atoms with E-state index in [2.05, 4.69) is 0 Å². The molecule has 84 valence electrons. The SMILES string of the molecule is O=C([O-])[C@@H](O)CO.O=C([O-])[C@@H](O)CO.[Ca+2]. The maximum absolute atomic E-state index is 9.41. The Balaban J connectivity index is -0.000000180. The van der Waals surface area contributed by atoms with Gasteiger partial charge in [0.05, 0.1) is 25.2 Å². The van der Waals surface area contributed by atoms with Gasteiger partial charge in [0, 0.05) is 0 Å². The van der Waals surface area contributed by atoms with Crippen molar-refractivity contribution in [3.05, 3.63) is 0 Å². The van der Waals surface area contributed by atoms with E-state index in [1.165, 1.54) is 0 Å². The first kappa shape index (κ1) is 20.5. The summed E-state index contributed by atoms with van der Waals surface area (Å²) in [6.45, 7) is -1.58. The summed E-state index contributed by atoms with van der Waals surface area (Å²) in [5.41, 5.74) is 0. The third-order valence-corrected chi connectivity index (χ3v) is 0.890. The van der Waals surface area contributed by atoms with Gasteiger partial charge in [-0.15, -0.1) is 0 Å². The van der Waals surface area contributed by atoms with E-state index in [-0.39, 0.29) is 37.7 Å². The van der Waals surface area contributed by atoms with E-state index in [4.69, 9.17) is 20.4 Å². The topological polar surface area (TPSA) is 161 Å². The summed E-state index contributed by atoms with van der Waals surface area (Å²) < 4.78 is 0. The molecule has 0 spiro atoms. The van der Waals surface area contributed by atoms with Gasteiger partial charge in [-0.05, 0) is 0 Å². The average molecular weight is 250 g/mol. The average Bonchev–Trinajstić information content (AvgIpc) is 2.15. The van der Waals surface area contributed by atoms with E-state index in [0.29, 0.717) is 0 Å². The zero-order valence-electron chi connectivity index (χ0n) is 7.70. The molecule has 0 aliphatic heterocycles. The number of aliphatic hydroxyl groups excluding tert-OH is 4. The Hall–Kier alpha value is 0.0397. The van der Waals surface area contributed by atoms with Crippen molar-refractivity contribution >= 4 is 49.7 Å². The van der Waals surface area contributed by atoms with Gasteiger partial charge < -0.3 is 40.2 Å². The quantitative estimate of drug-likeness (QED) is 0.358. The van der Waals surface area contributed by atoms with E-state index < -0.39 is 37.4 Å². The molecule has 0 heterocycles. The molecule has 0 unspecified atom stereocenters. The molecule has 0 aliphatic rings. The fraction of sp³-hybridized carbons (Fsp3) is 0.667. The van der Waals surface area contributed by atoms with Crippen molar-refractivity contribution in [1.29, 1.82) is 0 Å². The van der Waals surface area contributed by atoms with Gasteiger partial charge >= 0.3 is 37.7 Å². The second-order valence-electron chi connectivity index (χ2n) is 2.03. The van der Waals surface area contributed by atoms with E-state index in [9.17, 15) is 19.8 Å². The van der Waals surface area contributed by atoms with Crippen LogP contribution in [0, 0.1) is 0 Å². The first-order valence-corrected chi connectivity index (χ1v) is 3.36. The molecule has 0 radical (unpaired) electrons.